The Hall–Kier alpha value is -1.45. The van der Waals surface area contributed by atoms with Crippen LogP contribution < -0.4 is 10.6 Å². The minimum Gasteiger partial charge on any atom is -0.368 e. The van der Waals surface area contributed by atoms with E-state index in [1.54, 1.807) is 29.5 Å². The van der Waals surface area contributed by atoms with Crippen LogP contribution in [0.25, 0.3) is 0 Å². The lowest BCUT2D eigenvalue weighted by Gasteiger charge is -2.15. The van der Waals surface area contributed by atoms with Gasteiger partial charge in [-0.15, -0.1) is 0 Å². The van der Waals surface area contributed by atoms with Gasteiger partial charge < -0.3 is 10.6 Å². The van der Waals surface area contributed by atoms with Crippen LogP contribution in [0.2, 0.25) is 0 Å². The first kappa shape index (κ1) is 14.9. The zero-order valence-corrected chi connectivity index (χ0v) is 12.8. The third-order valence-corrected chi connectivity index (χ3v) is 3.75. The van der Waals surface area contributed by atoms with Crippen LogP contribution in [0.15, 0.2) is 12.1 Å². The number of amides is 1. The maximum absolute atomic E-state index is 13.5. The van der Waals surface area contributed by atoms with Crippen LogP contribution in [0.3, 0.4) is 0 Å². The molecule has 2 rings (SSSR count). The van der Waals surface area contributed by atoms with Crippen LogP contribution in [0.4, 0.5) is 15.8 Å². The van der Waals surface area contributed by atoms with Crippen molar-refractivity contribution >= 4 is 39.9 Å². The molecule has 0 aromatic heterocycles. The lowest BCUT2D eigenvalue weighted by Crippen LogP contribution is -2.38. The molecule has 1 atom stereocenters. The van der Waals surface area contributed by atoms with Gasteiger partial charge >= 0.3 is 0 Å². The number of nitrogens with zero attached hydrogens (tertiary/aromatic N) is 1. The molecular formula is C12H13FIN3O3. The van der Waals surface area contributed by atoms with Gasteiger partial charge in [-0.1, -0.05) is 0 Å². The predicted molar refractivity (Wildman–Crippen MR) is 80.0 cm³/mol. The summed E-state index contributed by atoms with van der Waals surface area (Å²) in [6, 6.07) is 1.72. The zero-order valence-electron chi connectivity index (χ0n) is 10.7. The summed E-state index contributed by atoms with van der Waals surface area (Å²) in [6.07, 6.45) is 1.91. The normalized spacial score (nSPS) is 15.6. The number of hydrogen-bond donors (Lipinski definition) is 2. The van der Waals surface area contributed by atoms with E-state index in [-0.39, 0.29) is 26.9 Å². The number of nitro benzene ring substituents is 1. The van der Waals surface area contributed by atoms with E-state index in [9.17, 15) is 19.3 Å². The molecule has 0 bridgehead atoms. The summed E-state index contributed by atoms with van der Waals surface area (Å²) in [4.78, 5) is 22.2. The van der Waals surface area contributed by atoms with Crippen LogP contribution in [0.5, 0.6) is 0 Å². The smallest absolute Gasteiger partial charge is 0.293 e. The molecule has 1 fully saturated rings. The van der Waals surface area contributed by atoms with E-state index in [4.69, 9.17) is 0 Å². The van der Waals surface area contributed by atoms with Gasteiger partial charge in [0.05, 0.1) is 8.49 Å². The monoisotopic (exact) mass is 393 g/mol. The molecule has 8 heteroatoms. The number of benzene rings is 1. The summed E-state index contributed by atoms with van der Waals surface area (Å²) < 4.78 is 13.7. The molecule has 6 nitrogen and oxygen atoms in total. The van der Waals surface area contributed by atoms with E-state index in [1.165, 1.54) is 0 Å². The third kappa shape index (κ3) is 3.56. The van der Waals surface area contributed by atoms with Crippen molar-refractivity contribution in [3.63, 3.8) is 0 Å². The lowest BCUT2D eigenvalue weighted by atomic mass is 10.2. The summed E-state index contributed by atoms with van der Waals surface area (Å²) in [5.41, 5.74) is -0.242. The van der Waals surface area contributed by atoms with Gasteiger partial charge in [0.25, 0.3) is 5.69 Å². The number of nitro groups is 1. The highest BCUT2D eigenvalue weighted by Gasteiger charge is 2.27. The SMILES string of the molecule is CC(Nc1cc(F)c(I)cc1[N+](=O)[O-])C(=O)NC1CC1. The number of carbonyl (C=O) groups is 1. The van der Waals surface area contributed by atoms with Gasteiger partial charge in [-0.3, -0.25) is 14.9 Å². The Balaban J connectivity index is 2.16. The van der Waals surface area contributed by atoms with E-state index in [2.05, 4.69) is 10.6 Å². The van der Waals surface area contributed by atoms with Crippen molar-refractivity contribution in [1.82, 2.24) is 5.32 Å². The largest absolute Gasteiger partial charge is 0.368 e. The van der Waals surface area contributed by atoms with Gasteiger partial charge in [-0.2, -0.15) is 0 Å². The van der Waals surface area contributed by atoms with E-state index in [0.29, 0.717) is 0 Å². The van der Waals surface area contributed by atoms with E-state index >= 15 is 0 Å². The topological polar surface area (TPSA) is 84.3 Å². The van der Waals surface area contributed by atoms with Crippen molar-refractivity contribution in [3.8, 4) is 0 Å². The number of hydrogen-bond acceptors (Lipinski definition) is 4. The molecule has 1 amide bonds. The molecule has 20 heavy (non-hydrogen) atoms. The minimum absolute atomic E-state index is 0.00589. The molecule has 1 aliphatic carbocycles. The van der Waals surface area contributed by atoms with Crippen LogP contribution in [-0.4, -0.2) is 22.9 Å². The zero-order chi connectivity index (χ0) is 14.9. The molecule has 1 aromatic carbocycles. The molecule has 0 saturated heterocycles. The Morgan fingerprint density at radius 2 is 2.20 bits per heavy atom. The molecule has 1 aromatic rings. The lowest BCUT2D eigenvalue weighted by molar-refractivity contribution is -0.384. The highest BCUT2D eigenvalue weighted by atomic mass is 127. The summed E-state index contributed by atoms with van der Waals surface area (Å²) in [5, 5.41) is 16.4. The predicted octanol–water partition coefficient (Wildman–Crippen LogP) is 2.42. The van der Waals surface area contributed by atoms with Gasteiger partial charge in [-0.05, 0) is 42.4 Å². The quantitative estimate of drug-likeness (QED) is 0.457. The molecule has 1 aliphatic rings. The fourth-order valence-corrected chi connectivity index (χ4v) is 2.11. The second kappa shape index (κ2) is 5.90. The number of rotatable bonds is 5. The highest BCUT2D eigenvalue weighted by molar-refractivity contribution is 14.1. The summed E-state index contributed by atoms with van der Waals surface area (Å²) in [6.45, 7) is 1.58. The molecular weight excluding hydrogens is 380 g/mol. The number of halogens is 2. The van der Waals surface area contributed by atoms with Gasteiger partial charge in [0.15, 0.2) is 0 Å². The van der Waals surface area contributed by atoms with Gasteiger partial charge in [0.2, 0.25) is 5.91 Å². The summed E-state index contributed by atoms with van der Waals surface area (Å²) in [7, 11) is 0. The van der Waals surface area contributed by atoms with Gasteiger partial charge in [-0.25, -0.2) is 4.39 Å². The van der Waals surface area contributed by atoms with Gasteiger partial charge in [0, 0.05) is 18.2 Å². The molecule has 0 spiro atoms. The minimum atomic E-state index is -0.672. The van der Waals surface area contributed by atoms with Crippen molar-refractivity contribution < 1.29 is 14.1 Å². The summed E-state index contributed by atoms with van der Waals surface area (Å²) >= 11 is 1.68. The first-order valence-corrected chi connectivity index (χ1v) is 7.16. The third-order valence-electron chi connectivity index (χ3n) is 2.92. The molecule has 2 N–H and O–H groups in total. The van der Waals surface area contributed by atoms with Crippen LogP contribution in [0, 0.1) is 19.5 Å². The number of carbonyl (C=O) groups excluding carboxylic acids is 1. The molecule has 0 aliphatic heterocycles. The Labute approximate surface area is 128 Å². The van der Waals surface area contributed by atoms with E-state index in [1.807, 2.05) is 0 Å². The average molecular weight is 393 g/mol. The molecule has 1 unspecified atom stereocenters. The molecule has 0 radical (unpaired) electrons. The molecule has 108 valence electrons. The average Bonchev–Trinajstić information content (AvgIpc) is 3.16. The Bertz CT molecular complexity index is 563. The second-order valence-electron chi connectivity index (χ2n) is 4.69. The fraction of sp³-hybridized carbons (Fsp3) is 0.417. The van der Waals surface area contributed by atoms with Crippen molar-refractivity contribution in [1.29, 1.82) is 0 Å². The van der Waals surface area contributed by atoms with Crippen LogP contribution in [-0.2, 0) is 4.79 Å². The highest BCUT2D eigenvalue weighted by Crippen LogP contribution is 2.29. The standard InChI is InChI=1S/C12H13FIN3O3/c1-6(12(18)16-7-2-3-7)15-10-4-8(13)9(14)5-11(10)17(19)20/h4-7,15H,2-3H2,1H3,(H,16,18). The summed E-state index contributed by atoms with van der Waals surface area (Å²) in [5.74, 6) is -0.811. The maximum atomic E-state index is 13.5. The Kier molecular flexibility index (Phi) is 4.41. The Morgan fingerprint density at radius 1 is 1.55 bits per heavy atom. The van der Waals surface area contributed by atoms with Crippen molar-refractivity contribution in [2.45, 2.75) is 31.8 Å². The van der Waals surface area contributed by atoms with Crippen LogP contribution in [0.1, 0.15) is 19.8 Å². The maximum Gasteiger partial charge on any atom is 0.293 e. The van der Waals surface area contributed by atoms with Crippen molar-refractivity contribution in [3.05, 3.63) is 31.6 Å². The first-order valence-electron chi connectivity index (χ1n) is 6.09. The van der Waals surface area contributed by atoms with E-state index in [0.717, 1.165) is 25.0 Å². The Morgan fingerprint density at radius 3 is 2.75 bits per heavy atom. The number of nitrogens with one attached hydrogen (secondary N) is 2. The van der Waals surface area contributed by atoms with Crippen molar-refractivity contribution in [2.75, 3.05) is 5.32 Å². The van der Waals surface area contributed by atoms with E-state index < -0.39 is 16.8 Å². The van der Waals surface area contributed by atoms with Crippen molar-refractivity contribution in [2.24, 2.45) is 0 Å². The molecule has 0 heterocycles. The first-order chi connectivity index (χ1) is 9.38. The van der Waals surface area contributed by atoms with Gasteiger partial charge in [0.1, 0.15) is 17.5 Å². The molecule has 1 saturated carbocycles. The van der Waals surface area contributed by atoms with Crippen LogP contribution >= 0.6 is 22.6 Å². The fourth-order valence-electron chi connectivity index (χ4n) is 1.66. The number of anilines is 1. The second-order valence-corrected chi connectivity index (χ2v) is 5.85.